The third kappa shape index (κ3) is 0.758. The predicted octanol–water partition coefficient (Wildman–Crippen LogP) is 3.29. The highest BCUT2D eigenvalue weighted by atomic mass is 14.4. The van der Waals surface area contributed by atoms with E-state index in [1.54, 1.807) is 0 Å². The maximum atomic E-state index is 1.92. The molecule has 0 radical (unpaired) electrons. The summed E-state index contributed by atoms with van der Waals surface area (Å²) >= 11 is 0. The SMILES string of the molecule is C1CC[C@H]2C(=C3CCC2C3)C1. The molecule has 3 aliphatic rings. The Labute approximate surface area is 68.7 Å². The molecule has 0 nitrogen and oxygen atoms in total. The van der Waals surface area contributed by atoms with E-state index in [9.17, 15) is 0 Å². The van der Waals surface area contributed by atoms with Gasteiger partial charge >= 0.3 is 0 Å². The number of rotatable bonds is 0. The van der Waals surface area contributed by atoms with Crippen molar-refractivity contribution in [2.24, 2.45) is 11.8 Å². The molecule has 0 saturated heterocycles. The summed E-state index contributed by atoms with van der Waals surface area (Å²) in [6.07, 6.45) is 10.5. The van der Waals surface area contributed by atoms with Gasteiger partial charge < -0.3 is 0 Å². The van der Waals surface area contributed by atoms with Gasteiger partial charge in [-0.2, -0.15) is 0 Å². The molecule has 0 amide bonds. The second kappa shape index (κ2) is 2.12. The van der Waals surface area contributed by atoms with Crippen molar-refractivity contribution in [2.75, 3.05) is 0 Å². The lowest BCUT2D eigenvalue weighted by molar-refractivity contribution is 0.336. The number of allylic oxidation sites excluding steroid dienone is 2. The lowest BCUT2D eigenvalue weighted by atomic mass is 9.77. The number of hydrogen-bond donors (Lipinski definition) is 0. The average molecular weight is 148 g/mol. The van der Waals surface area contributed by atoms with Gasteiger partial charge in [0.25, 0.3) is 0 Å². The van der Waals surface area contributed by atoms with Gasteiger partial charge in [0.2, 0.25) is 0 Å². The Bertz CT molecular complexity index is 212. The molecule has 0 aromatic rings. The van der Waals surface area contributed by atoms with E-state index < -0.39 is 0 Å². The quantitative estimate of drug-likeness (QED) is 0.462. The standard InChI is InChI=1S/C11H16/c1-2-4-11-9-6-5-8(7-9)10(11)3-1/h8,10H,1-7H2/t8?,10-/m1/s1. The van der Waals surface area contributed by atoms with E-state index in [1.165, 1.54) is 44.9 Å². The van der Waals surface area contributed by atoms with Gasteiger partial charge in [0.1, 0.15) is 0 Å². The summed E-state index contributed by atoms with van der Waals surface area (Å²) in [6.45, 7) is 0. The fourth-order valence-corrected chi connectivity index (χ4v) is 3.51. The Hall–Kier alpha value is -0.260. The first kappa shape index (κ1) is 6.28. The third-order valence-electron chi connectivity index (χ3n) is 4.01. The molecule has 3 aliphatic carbocycles. The van der Waals surface area contributed by atoms with Gasteiger partial charge in [0.05, 0.1) is 0 Å². The second-order valence-corrected chi connectivity index (χ2v) is 4.48. The zero-order valence-corrected chi connectivity index (χ0v) is 7.10. The lowest BCUT2D eigenvalue weighted by Gasteiger charge is -2.28. The number of fused-ring (bicyclic) bond motifs is 4. The van der Waals surface area contributed by atoms with E-state index in [-0.39, 0.29) is 0 Å². The summed E-state index contributed by atoms with van der Waals surface area (Å²) in [5, 5.41) is 0. The number of hydrogen-bond acceptors (Lipinski definition) is 0. The Kier molecular flexibility index (Phi) is 1.21. The van der Waals surface area contributed by atoms with Crippen LogP contribution in [0, 0.1) is 11.8 Å². The molecule has 1 unspecified atom stereocenters. The van der Waals surface area contributed by atoms with Gasteiger partial charge in [0.15, 0.2) is 0 Å². The fourth-order valence-electron chi connectivity index (χ4n) is 3.51. The zero-order chi connectivity index (χ0) is 7.26. The topological polar surface area (TPSA) is 0 Å². The largest absolute Gasteiger partial charge is 0.0704 e. The first-order chi connectivity index (χ1) is 5.45. The van der Waals surface area contributed by atoms with Crippen molar-refractivity contribution in [3.05, 3.63) is 11.1 Å². The summed E-state index contributed by atoms with van der Waals surface area (Å²) in [7, 11) is 0. The minimum absolute atomic E-state index is 1.08. The molecule has 0 aliphatic heterocycles. The summed E-state index contributed by atoms with van der Waals surface area (Å²) in [6, 6.07) is 0. The highest BCUT2D eigenvalue weighted by Crippen LogP contribution is 2.53. The van der Waals surface area contributed by atoms with Crippen molar-refractivity contribution >= 4 is 0 Å². The van der Waals surface area contributed by atoms with E-state index in [2.05, 4.69) is 0 Å². The molecular weight excluding hydrogens is 132 g/mol. The van der Waals surface area contributed by atoms with Crippen LogP contribution >= 0.6 is 0 Å². The molecule has 2 bridgehead atoms. The highest BCUT2D eigenvalue weighted by molar-refractivity contribution is 5.30. The average Bonchev–Trinajstić information content (AvgIpc) is 2.64. The summed E-state index contributed by atoms with van der Waals surface area (Å²) in [5.41, 5.74) is 3.81. The van der Waals surface area contributed by atoms with Crippen LogP contribution in [0.5, 0.6) is 0 Å². The lowest BCUT2D eigenvalue weighted by Crippen LogP contribution is -2.16. The van der Waals surface area contributed by atoms with Crippen molar-refractivity contribution < 1.29 is 0 Å². The van der Waals surface area contributed by atoms with Gasteiger partial charge in [-0.15, -0.1) is 0 Å². The molecule has 60 valence electrons. The molecule has 0 N–H and O–H groups in total. The molecule has 0 aromatic carbocycles. The highest BCUT2D eigenvalue weighted by Gasteiger charge is 2.39. The second-order valence-electron chi connectivity index (χ2n) is 4.48. The Balaban J connectivity index is 1.99. The Morgan fingerprint density at radius 2 is 2.00 bits per heavy atom. The van der Waals surface area contributed by atoms with Crippen LogP contribution in [-0.4, -0.2) is 0 Å². The summed E-state index contributed by atoms with van der Waals surface area (Å²) < 4.78 is 0. The van der Waals surface area contributed by atoms with Crippen LogP contribution in [-0.2, 0) is 0 Å². The molecule has 2 fully saturated rings. The molecule has 0 spiro atoms. The first-order valence-corrected chi connectivity index (χ1v) is 5.16. The van der Waals surface area contributed by atoms with Crippen LogP contribution in [0.4, 0.5) is 0 Å². The molecule has 2 saturated carbocycles. The van der Waals surface area contributed by atoms with E-state index in [4.69, 9.17) is 0 Å². The van der Waals surface area contributed by atoms with Crippen molar-refractivity contribution in [3.8, 4) is 0 Å². The van der Waals surface area contributed by atoms with Crippen molar-refractivity contribution in [3.63, 3.8) is 0 Å². The van der Waals surface area contributed by atoms with Gasteiger partial charge in [-0.25, -0.2) is 0 Å². The van der Waals surface area contributed by atoms with E-state index >= 15 is 0 Å². The van der Waals surface area contributed by atoms with Crippen LogP contribution in [0.25, 0.3) is 0 Å². The van der Waals surface area contributed by atoms with Gasteiger partial charge in [0, 0.05) is 0 Å². The Morgan fingerprint density at radius 3 is 2.91 bits per heavy atom. The molecule has 2 atom stereocenters. The van der Waals surface area contributed by atoms with Crippen LogP contribution < -0.4 is 0 Å². The molecular formula is C11H16. The monoisotopic (exact) mass is 148 g/mol. The minimum Gasteiger partial charge on any atom is -0.0704 e. The molecule has 0 heterocycles. The van der Waals surface area contributed by atoms with Gasteiger partial charge in [-0.05, 0) is 50.4 Å². The van der Waals surface area contributed by atoms with Crippen molar-refractivity contribution in [2.45, 2.75) is 44.9 Å². The zero-order valence-electron chi connectivity index (χ0n) is 7.10. The summed E-state index contributed by atoms with van der Waals surface area (Å²) in [4.78, 5) is 0. The van der Waals surface area contributed by atoms with Crippen LogP contribution in [0.1, 0.15) is 44.9 Å². The fraction of sp³-hybridized carbons (Fsp3) is 0.818. The van der Waals surface area contributed by atoms with E-state index in [1.807, 2.05) is 11.1 Å². The molecule has 11 heavy (non-hydrogen) atoms. The van der Waals surface area contributed by atoms with Gasteiger partial charge in [-0.1, -0.05) is 17.6 Å². The first-order valence-electron chi connectivity index (χ1n) is 5.16. The van der Waals surface area contributed by atoms with E-state index in [0.29, 0.717) is 0 Å². The Morgan fingerprint density at radius 1 is 1.00 bits per heavy atom. The third-order valence-corrected chi connectivity index (χ3v) is 4.01. The molecule has 3 rings (SSSR count). The normalized spacial score (nSPS) is 41.5. The summed E-state index contributed by atoms with van der Waals surface area (Å²) in [5.74, 6) is 2.19. The van der Waals surface area contributed by atoms with Gasteiger partial charge in [-0.3, -0.25) is 0 Å². The predicted molar refractivity (Wildman–Crippen MR) is 46.3 cm³/mol. The molecule has 0 aromatic heterocycles. The maximum absolute atomic E-state index is 1.92. The minimum atomic E-state index is 1.08. The van der Waals surface area contributed by atoms with Crippen LogP contribution in [0.2, 0.25) is 0 Å². The van der Waals surface area contributed by atoms with Crippen LogP contribution in [0.3, 0.4) is 0 Å². The van der Waals surface area contributed by atoms with Crippen LogP contribution in [0.15, 0.2) is 11.1 Å². The van der Waals surface area contributed by atoms with Crippen molar-refractivity contribution in [1.82, 2.24) is 0 Å². The molecule has 0 heteroatoms. The van der Waals surface area contributed by atoms with E-state index in [0.717, 1.165) is 11.8 Å². The van der Waals surface area contributed by atoms with Crippen molar-refractivity contribution in [1.29, 1.82) is 0 Å². The smallest absolute Gasteiger partial charge is 0.0169 e. The maximum Gasteiger partial charge on any atom is -0.0169 e.